The van der Waals surface area contributed by atoms with E-state index in [1.807, 2.05) is 11.8 Å². The fourth-order valence-electron chi connectivity index (χ4n) is 1.67. The summed E-state index contributed by atoms with van der Waals surface area (Å²) < 4.78 is 0. The van der Waals surface area contributed by atoms with E-state index in [1.165, 1.54) is 0 Å². The molecule has 0 aromatic carbocycles. The van der Waals surface area contributed by atoms with E-state index >= 15 is 0 Å². The third-order valence-electron chi connectivity index (χ3n) is 2.78. The summed E-state index contributed by atoms with van der Waals surface area (Å²) in [6, 6.07) is 1.66. The molecule has 1 N–H and O–H groups in total. The van der Waals surface area contributed by atoms with Crippen molar-refractivity contribution in [3.63, 3.8) is 0 Å². The van der Waals surface area contributed by atoms with Crippen LogP contribution in [0.4, 0.5) is 5.82 Å². The number of carbonyl (C=O) groups is 1. The Kier molecular flexibility index (Phi) is 5.92. The Morgan fingerprint density at radius 1 is 1.50 bits per heavy atom. The average molecular weight is 270 g/mol. The van der Waals surface area contributed by atoms with Gasteiger partial charge in [0.05, 0.1) is 10.6 Å². The number of hydrogen-bond acceptors (Lipinski definition) is 3. The lowest BCUT2D eigenvalue weighted by molar-refractivity contribution is 0.0762. The molecule has 1 rings (SSSR count). The van der Waals surface area contributed by atoms with E-state index in [0.29, 0.717) is 22.9 Å². The molecule has 1 heterocycles. The highest BCUT2D eigenvalue weighted by molar-refractivity contribution is 6.33. The quantitative estimate of drug-likeness (QED) is 0.863. The number of nitrogens with one attached hydrogen (secondary N) is 1. The summed E-state index contributed by atoms with van der Waals surface area (Å²) in [6.45, 7) is 5.56. The average Bonchev–Trinajstić information content (AvgIpc) is 2.39. The summed E-state index contributed by atoms with van der Waals surface area (Å²) in [7, 11) is 1.75. The molecule has 0 aliphatic carbocycles. The van der Waals surface area contributed by atoms with E-state index in [4.69, 9.17) is 11.6 Å². The standard InChI is InChI=1S/C13H20ClN3O/c1-4-6-7-17(5-2)13(18)10-8-11(14)12(15-3)16-9-10/h8-9H,4-7H2,1-3H3,(H,15,16). The van der Waals surface area contributed by atoms with Gasteiger partial charge >= 0.3 is 0 Å². The summed E-state index contributed by atoms with van der Waals surface area (Å²) in [5.41, 5.74) is 0.539. The van der Waals surface area contributed by atoms with Crippen LogP contribution >= 0.6 is 11.6 Å². The first kappa shape index (κ1) is 14.8. The summed E-state index contributed by atoms with van der Waals surface area (Å²) in [5.74, 6) is 0.577. The number of unbranched alkanes of at least 4 members (excludes halogenated alkanes) is 1. The number of hydrogen-bond donors (Lipinski definition) is 1. The third-order valence-corrected chi connectivity index (χ3v) is 3.06. The Morgan fingerprint density at radius 2 is 2.22 bits per heavy atom. The Balaban J connectivity index is 2.84. The largest absolute Gasteiger partial charge is 0.372 e. The molecule has 4 nitrogen and oxygen atoms in total. The number of halogens is 1. The predicted octanol–water partition coefficient (Wildman–Crippen LogP) is 3.04. The van der Waals surface area contributed by atoms with Crippen LogP contribution in [0, 0.1) is 0 Å². The molecule has 0 atom stereocenters. The van der Waals surface area contributed by atoms with Gasteiger partial charge in [0.2, 0.25) is 0 Å². The summed E-state index contributed by atoms with van der Waals surface area (Å²) in [6.07, 6.45) is 3.64. The van der Waals surface area contributed by atoms with E-state index in [1.54, 1.807) is 19.3 Å². The second kappa shape index (κ2) is 7.21. The normalized spacial score (nSPS) is 10.2. The third kappa shape index (κ3) is 3.60. The summed E-state index contributed by atoms with van der Waals surface area (Å²) >= 11 is 6.03. The fourth-order valence-corrected chi connectivity index (χ4v) is 1.93. The van der Waals surface area contributed by atoms with E-state index < -0.39 is 0 Å². The Bertz CT molecular complexity index is 409. The van der Waals surface area contributed by atoms with Crippen LogP contribution in [0.25, 0.3) is 0 Å². The molecule has 5 heteroatoms. The van der Waals surface area contributed by atoms with E-state index in [2.05, 4.69) is 17.2 Å². The van der Waals surface area contributed by atoms with Crippen LogP contribution in [0.15, 0.2) is 12.3 Å². The molecule has 0 radical (unpaired) electrons. The van der Waals surface area contributed by atoms with Crippen LogP contribution in [0.5, 0.6) is 0 Å². The van der Waals surface area contributed by atoms with E-state index in [-0.39, 0.29) is 5.91 Å². The van der Waals surface area contributed by atoms with Gasteiger partial charge in [-0.25, -0.2) is 4.98 Å². The molecular formula is C13H20ClN3O. The lowest BCUT2D eigenvalue weighted by Gasteiger charge is -2.20. The maximum absolute atomic E-state index is 12.2. The molecule has 0 aliphatic rings. The number of pyridine rings is 1. The molecular weight excluding hydrogens is 250 g/mol. The molecule has 18 heavy (non-hydrogen) atoms. The highest BCUT2D eigenvalue weighted by Crippen LogP contribution is 2.20. The number of amides is 1. The van der Waals surface area contributed by atoms with Crippen LogP contribution in [0.1, 0.15) is 37.0 Å². The molecule has 100 valence electrons. The van der Waals surface area contributed by atoms with Crippen LogP contribution < -0.4 is 5.32 Å². The van der Waals surface area contributed by atoms with Crippen molar-refractivity contribution in [2.45, 2.75) is 26.7 Å². The molecule has 0 unspecified atom stereocenters. The first-order valence-electron chi connectivity index (χ1n) is 6.26. The summed E-state index contributed by atoms with van der Waals surface area (Å²) in [4.78, 5) is 18.2. The minimum absolute atomic E-state index is 0.0111. The van der Waals surface area contributed by atoms with Crippen LogP contribution in [0.3, 0.4) is 0 Å². The van der Waals surface area contributed by atoms with Crippen molar-refractivity contribution in [3.8, 4) is 0 Å². The summed E-state index contributed by atoms with van der Waals surface area (Å²) in [5, 5.41) is 3.34. The number of anilines is 1. The van der Waals surface area contributed by atoms with Gasteiger partial charge in [-0.2, -0.15) is 0 Å². The molecule has 0 saturated carbocycles. The van der Waals surface area contributed by atoms with Crippen molar-refractivity contribution in [3.05, 3.63) is 22.8 Å². The monoisotopic (exact) mass is 269 g/mol. The molecule has 0 spiro atoms. The number of carbonyl (C=O) groups excluding carboxylic acids is 1. The molecule has 1 aromatic rings. The lowest BCUT2D eigenvalue weighted by atomic mass is 10.2. The second-order valence-electron chi connectivity index (χ2n) is 4.04. The minimum Gasteiger partial charge on any atom is -0.372 e. The Labute approximate surface area is 113 Å². The molecule has 1 aromatic heterocycles. The number of nitrogens with zero attached hydrogens (tertiary/aromatic N) is 2. The van der Waals surface area contributed by atoms with Crippen molar-refractivity contribution >= 4 is 23.3 Å². The zero-order chi connectivity index (χ0) is 13.5. The van der Waals surface area contributed by atoms with Crippen molar-refractivity contribution in [2.24, 2.45) is 0 Å². The van der Waals surface area contributed by atoms with Crippen molar-refractivity contribution in [2.75, 3.05) is 25.5 Å². The van der Waals surface area contributed by atoms with Gasteiger partial charge in [-0.15, -0.1) is 0 Å². The zero-order valence-corrected chi connectivity index (χ0v) is 11.9. The smallest absolute Gasteiger partial charge is 0.255 e. The SMILES string of the molecule is CCCCN(CC)C(=O)c1cnc(NC)c(Cl)c1. The lowest BCUT2D eigenvalue weighted by Crippen LogP contribution is -2.31. The zero-order valence-electron chi connectivity index (χ0n) is 11.2. The van der Waals surface area contributed by atoms with Gasteiger partial charge in [-0.3, -0.25) is 4.79 Å². The highest BCUT2D eigenvalue weighted by Gasteiger charge is 2.15. The second-order valence-corrected chi connectivity index (χ2v) is 4.45. The number of rotatable bonds is 6. The van der Waals surface area contributed by atoms with Gasteiger partial charge in [0.25, 0.3) is 5.91 Å². The van der Waals surface area contributed by atoms with Crippen LogP contribution in [-0.4, -0.2) is 35.9 Å². The first-order chi connectivity index (χ1) is 8.63. The molecule has 0 aliphatic heterocycles. The van der Waals surface area contributed by atoms with Crippen LogP contribution in [-0.2, 0) is 0 Å². The van der Waals surface area contributed by atoms with Gasteiger partial charge in [0.15, 0.2) is 0 Å². The van der Waals surface area contributed by atoms with Gasteiger partial charge in [-0.05, 0) is 19.4 Å². The minimum atomic E-state index is -0.0111. The van der Waals surface area contributed by atoms with Crippen molar-refractivity contribution in [1.82, 2.24) is 9.88 Å². The Morgan fingerprint density at radius 3 is 2.72 bits per heavy atom. The van der Waals surface area contributed by atoms with Gasteiger partial charge in [0, 0.05) is 26.3 Å². The molecule has 1 amide bonds. The molecule has 0 saturated heterocycles. The predicted molar refractivity (Wildman–Crippen MR) is 75.3 cm³/mol. The first-order valence-corrected chi connectivity index (χ1v) is 6.64. The number of aromatic nitrogens is 1. The van der Waals surface area contributed by atoms with Gasteiger partial charge in [0.1, 0.15) is 5.82 Å². The topological polar surface area (TPSA) is 45.2 Å². The Hall–Kier alpha value is -1.29. The molecule has 0 bridgehead atoms. The van der Waals surface area contributed by atoms with E-state index in [9.17, 15) is 4.79 Å². The van der Waals surface area contributed by atoms with Gasteiger partial charge in [-0.1, -0.05) is 24.9 Å². The maximum Gasteiger partial charge on any atom is 0.255 e. The van der Waals surface area contributed by atoms with E-state index in [0.717, 1.165) is 19.4 Å². The van der Waals surface area contributed by atoms with Crippen molar-refractivity contribution in [1.29, 1.82) is 0 Å². The maximum atomic E-state index is 12.2. The van der Waals surface area contributed by atoms with Gasteiger partial charge < -0.3 is 10.2 Å². The van der Waals surface area contributed by atoms with Crippen LogP contribution in [0.2, 0.25) is 5.02 Å². The highest BCUT2D eigenvalue weighted by atomic mass is 35.5. The fraction of sp³-hybridized carbons (Fsp3) is 0.538. The molecule has 0 fully saturated rings. The van der Waals surface area contributed by atoms with Crippen molar-refractivity contribution < 1.29 is 4.79 Å².